The number of fused-ring (bicyclic) bond motifs is 4. The van der Waals surface area contributed by atoms with Crippen LogP contribution in [0.1, 0.15) is 17.2 Å². The van der Waals surface area contributed by atoms with Crippen molar-refractivity contribution in [2.45, 2.75) is 6.04 Å². The zero-order valence-corrected chi connectivity index (χ0v) is 14.7. The lowest BCUT2D eigenvalue weighted by Gasteiger charge is -2.38. The highest BCUT2D eigenvalue weighted by Crippen LogP contribution is 2.47. The lowest BCUT2D eigenvalue weighted by atomic mass is 9.83. The van der Waals surface area contributed by atoms with Crippen molar-refractivity contribution in [2.24, 2.45) is 0 Å². The number of rotatable bonds is 1. The summed E-state index contributed by atoms with van der Waals surface area (Å²) in [7, 11) is 2.18. The van der Waals surface area contributed by atoms with Crippen LogP contribution in [0.15, 0.2) is 84.9 Å². The number of benzene rings is 4. The minimum absolute atomic E-state index is 0.134. The topological polar surface area (TPSA) is 29.3 Å². The summed E-state index contributed by atoms with van der Waals surface area (Å²) in [6.07, 6.45) is 0. The second-order valence-corrected chi connectivity index (χ2v) is 6.95. The molecule has 4 aromatic rings. The van der Waals surface area contributed by atoms with E-state index in [1.54, 1.807) is 0 Å². The van der Waals surface area contributed by atoms with Gasteiger partial charge in [0.05, 0.1) is 6.04 Å². The third kappa shape index (κ3) is 2.12. The molecule has 0 saturated carbocycles. The molecule has 0 spiro atoms. The van der Waals surface area contributed by atoms with Crippen molar-refractivity contribution in [1.29, 1.82) is 0 Å². The van der Waals surface area contributed by atoms with Gasteiger partial charge in [-0.1, -0.05) is 66.7 Å². The van der Waals surface area contributed by atoms with Gasteiger partial charge in [-0.25, -0.2) is 0 Å². The van der Waals surface area contributed by atoms with Crippen molar-refractivity contribution in [2.75, 3.05) is 17.7 Å². The zero-order valence-electron chi connectivity index (χ0n) is 14.7. The standard InChI is InChI=1S/C24H20N2/c1-26-23-12-5-4-10-20(23)19-14-13-17(25)15-22(19)24(26)21-11-6-8-16-7-2-3-9-18(16)21/h2-15,24H,25H2,1H3. The maximum Gasteiger partial charge on any atom is 0.0805 e. The van der Waals surface area contributed by atoms with Crippen LogP contribution in [0.25, 0.3) is 21.9 Å². The number of hydrogen-bond donors (Lipinski definition) is 1. The van der Waals surface area contributed by atoms with E-state index in [-0.39, 0.29) is 6.04 Å². The molecule has 0 bridgehead atoms. The van der Waals surface area contributed by atoms with Crippen LogP contribution in [-0.2, 0) is 0 Å². The fourth-order valence-electron chi connectivity index (χ4n) is 4.27. The molecule has 5 rings (SSSR count). The van der Waals surface area contributed by atoms with Crippen molar-refractivity contribution in [3.8, 4) is 11.1 Å². The fraction of sp³-hybridized carbons (Fsp3) is 0.0833. The van der Waals surface area contributed by atoms with Gasteiger partial charge in [0.15, 0.2) is 0 Å². The maximum absolute atomic E-state index is 6.18. The summed E-state index contributed by atoms with van der Waals surface area (Å²) >= 11 is 0. The molecule has 2 nitrogen and oxygen atoms in total. The molecular weight excluding hydrogens is 316 g/mol. The summed E-state index contributed by atoms with van der Waals surface area (Å²) in [6.45, 7) is 0. The molecule has 26 heavy (non-hydrogen) atoms. The summed E-state index contributed by atoms with van der Waals surface area (Å²) < 4.78 is 0. The van der Waals surface area contributed by atoms with Gasteiger partial charge in [0.2, 0.25) is 0 Å². The molecule has 0 saturated heterocycles. The van der Waals surface area contributed by atoms with Crippen LogP contribution in [0.3, 0.4) is 0 Å². The number of nitrogens with two attached hydrogens (primary N) is 1. The van der Waals surface area contributed by atoms with Crippen LogP contribution in [0.5, 0.6) is 0 Å². The summed E-state index contributed by atoms with van der Waals surface area (Å²) in [6, 6.07) is 30.2. The first-order valence-electron chi connectivity index (χ1n) is 8.93. The van der Waals surface area contributed by atoms with Crippen LogP contribution >= 0.6 is 0 Å². The Morgan fingerprint density at radius 1 is 0.731 bits per heavy atom. The Bertz CT molecular complexity index is 1120. The molecule has 0 radical (unpaired) electrons. The molecule has 0 fully saturated rings. The Balaban J connectivity index is 1.84. The number of para-hydroxylation sites is 1. The molecule has 1 heterocycles. The molecule has 0 aromatic heterocycles. The van der Waals surface area contributed by atoms with Gasteiger partial charge < -0.3 is 10.6 Å². The first-order chi connectivity index (χ1) is 12.7. The van der Waals surface area contributed by atoms with Gasteiger partial charge in [-0.15, -0.1) is 0 Å². The predicted molar refractivity (Wildman–Crippen MR) is 110 cm³/mol. The highest BCUT2D eigenvalue weighted by molar-refractivity contribution is 5.91. The molecule has 1 unspecified atom stereocenters. The Kier molecular flexibility index (Phi) is 3.26. The third-order valence-corrected chi connectivity index (χ3v) is 5.45. The lowest BCUT2D eigenvalue weighted by Crippen LogP contribution is -2.29. The monoisotopic (exact) mass is 336 g/mol. The number of nitrogen functional groups attached to an aromatic ring is 1. The van der Waals surface area contributed by atoms with E-state index in [1.165, 1.54) is 38.7 Å². The van der Waals surface area contributed by atoms with Gasteiger partial charge in [0, 0.05) is 24.0 Å². The molecule has 0 aliphatic carbocycles. The van der Waals surface area contributed by atoms with E-state index < -0.39 is 0 Å². The summed E-state index contributed by atoms with van der Waals surface area (Å²) in [5.41, 5.74) is 13.4. The zero-order chi connectivity index (χ0) is 17.7. The van der Waals surface area contributed by atoms with Crippen molar-refractivity contribution < 1.29 is 0 Å². The molecule has 0 amide bonds. The van der Waals surface area contributed by atoms with E-state index in [4.69, 9.17) is 5.73 Å². The van der Waals surface area contributed by atoms with E-state index in [9.17, 15) is 0 Å². The van der Waals surface area contributed by atoms with E-state index in [1.807, 2.05) is 6.07 Å². The Hall–Kier alpha value is -3.26. The van der Waals surface area contributed by atoms with Gasteiger partial charge in [-0.2, -0.15) is 0 Å². The summed E-state index contributed by atoms with van der Waals surface area (Å²) in [4.78, 5) is 2.37. The average Bonchev–Trinajstić information content (AvgIpc) is 2.68. The van der Waals surface area contributed by atoms with Gasteiger partial charge >= 0.3 is 0 Å². The molecular formula is C24H20N2. The SMILES string of the molecule is CN1c2ccccc2-c2ccc(N)cc2C1c1cccc2ccccc12. The maximum atomic E-state index is 6.18. The first kappa shape index (κ1) is 15.0. The second kappa shape index (κ2) is 5.63. The van der Waals surface area contributed by atoms with Crippen LogP contribution in [-0.4, -0.2) is 7.05 Å². The van der Waals surface area contributed by atoms with Crippen LogP contribution < -0.4 is 10.6 Å². The molecule has 4 aromatic carbocycles. The van der Waals surface area contributed by atoms with Crippen LogP contribution in [0, 0.1) is 0 Å². The van der Waals surface area contributed by atoms with Crippen LogP contribution in [0.2, 0.25) is 0 Å². The molecule has 2 heteroatoms. The largest absolute Gasteiger partial charge is 0.399 e. The minimum Gasteiger partial charge on any atom is -0.399 e. The van der Waals surface area contributed by atoms with E-state index >= 15 is 0 Å². The number of nitrogens with zero attached hydrogens (tertiary/aromatic N) is 1. The third-order valence-electron chi connectivity index (χ3n) is 5.45. The fourth-order valence-corrected chi connectivity index (χ4v) is 4.27. The van der Waals surface area contributed by atoms with Gasteiger partial charge in [0.1, 0.15) is 0 Å². The normalized spacial score (nSPS) is 15.6. The lowest BCUT2D eigenvalue weighted by molar-refractivity contribution is 0.781. The average molecular weight is 336 g/mol. The highest BCUT2D eigenvalue weighted by Gasteiger charge is 2.30. The smallest absolute Gasteiger partial charge is 0.0805 e. The number of hydrogen-bond acceptors (Lipinski definition) is 2. The van der Waals surface area contributed by atoms with Crippen molar-refractivity contribution in [3.63, 3.8) is 0 Å². The molecule has 1 aliphatic heterocycles. The second-order valence-electron chi connectivity index (χ2n) is 6.95. The Morgan fingerprint density at radius 2 is 1.50 bits per heavy atom. The van der Waals surface area contributed by atoms with E-state index in [0.717, 1.165) is 5.69 Å². The van der Waals surface area contributed by atoms with E-state index in [2.05, 4.69) is 90.8 Å². The van der Waals surface area contributed by atoms with Crippen LogP contribution in [0.4, 0.5) is 11.4 Å². The van der Waals surface area contributed by atoms with Gasteiger partial charge in [-0.3, -0.25) is 0 Å². The quantitative estimate of drug-likeness (QED) is 0.457. The highest BCUT2D eigenvalue weighted by atomic mass is 15.1. The predicted octanol–water partition coefficient (Wildman–Crippen LogP) is 5.63. The minimum atomic E-state index is 0.134. The molecule has 1 aliphatic rings. The molecule has 126 valence electrons. The number of anilines is 2. The van der Waals surface area contributed by atoms with Crippen molar-refractivity contribution in [3.05, 3.63) is 96.1 Å². The van der Waals surface area contributed by atoms with E-state index in [0.29, 0.717) is 0 Å². The molecule has 1 atom stereocenters. The Labute approximate surface area is 153 Å². The van der Waals surface area contributed by atoms with Crippen molar-refractivity contribution in [1.82, 2.24) is 0 Å². The van der Waals surface area contributed by atoms with Gasteiger partial charge in [0.25, 0.3) is 0 Å². The summed E-state index contributed by atoms with van der Waals surface area (Å²) in [5.74, 6) is 0. The first-order valence-corrected chi connectivity index (χ1v) is 8.93. The summed E-state index contributed by atoms with van der Waals surface area (Å²) in [5, 5.41) is 2.56. The Morgan fingerprint density at radius 3 is 2.42 bits per heavy atom. The molecule has 2 N–H and O–H groups in total. The van der Waals surface area contributed by atoms with Gasteiger partial charge in [-0.05, 0) is 45.7 Å². The van der Waals surface area contributed by atoms with Crippen molar-refractivity contribution >= 4 is 22.1 Å².